The summed E-state index contributed by atoms with van der Waals surface area (Å²) in [5.41, 5.74) is 1.07. The van der Waals surface area contributed by atoms with Crippen molar-refractivity contribution in [3.63, 3.8) is 0 Å². The summed E-state index contributed by atoms with van der Waals surface area (Å²) in [5, 5.41) is 0.419. The number of hydrogen-bond donors (Lipinski definition) is 0. The number of likely N-dealkylation sites (N-methyl/N-ethyl adjacent to an activating group) is 1. The van der Waals surface area contributed by atoms with E-state index in [1.54, 1.807) is 41.3 Å². The molecular weight excluding hydrogens is 380 g/mol. The maximum atomic E-state index is 13.4. The smallest absolute Gasteiger partial charge is 0.336 e. The highest BCUT2D eigenvalue weighted by atomic mass is 16.2. The van der Waals surface area contributed by atoms with Gasteiger partial charge >= 0.3 is 5.69 Å². The van der Waals surface area contributed by atoms with Gasteiger partial charge in [-0.1, -0.05) is 31.2 Å². The Balaban J connectivity index is 1.79. The van der Waals surface area contributed by atoms with Crippen LogP contribution in [0.1, 0.15) is 12.5 Å². The molecule has 2 heterocycles. The zero-order chi connectivity index (χ0) is 21.3. The number of aryl methyl sites for hydroxylation is 1. The first-order valence-electron chi connectivity index (χ1n) is 10.3. The molecule has 4 rings (SSSR count). The van der Waals surface area contributed by atoms with E-state index in [2.05, 4.69) is 11.8 Å². The molecule has 30 heavy (non-hydrogen) atoms. The molecule has 1 aliphatic heterocycles. The zero-order valence-corrected chi connectivity index (χ0v) is 17.4. The van der Waals surface area contributed by atoms with E-state index in [9.17, 15) is 14.4 Å². The molecule has 7 nitrogen and oxygen atoms in total. The number of carbonyl (C=O) groups is 1. The van der Waals surface area contributed by atoms with Crippen LogP contribution in [0.3, 0.4) is 0 Å². The summed E-state index contributed by atoms with van der Waals surface area (Å²) < 4.78 is 2.59. The third kappa shape index (κ3) is 3.68. The second-order valence-corrected chi connectivity index (χ2v) is 7.68. The molecule has 0 atom stereocenters. The first kappa shape index (κ1) is 20.1. The first-order chi connectivity index (χ1) is 14.5. The van der Waals surface area contributed by atoms with Crippen molar-refractivity contribution in [2.24, 2.45) is 0 Å². The van der Waals surface area contributed by atoms with Crippen LogP contribution in [0.4, 0.5) is 0 Å². The first-order valence-corrected chi connectivity index (χ1v) is 10.3. The van der Waals surface area contributed by atoms with Crippen molar-refractivity contribution in [1.82, 2.24) is 18.9 Å². The van der Waals surface area contributed by atoms with Gasteiger partial charge in [-0.25, -0.2) is 9.36 Å². The van der Waals surface area contributed by atoms with Crippen LogP contribution in [0.2, 0.25) is 0 Å². The Bertz CT molecular complexity index is 1200. The Hall–Kier alpha value is -3.19. The van der Waals surface area contributed by atoms with E-state index in [1.165, 1.54) is 4.57 Å². The average molecular weight is 406 g/mol. The van der Waals surface area contributed by atoms with Crippen LogP contribution < -0.4 is 11.2 Å². The summed E-state index contributed by atoms with van der Waals surface area (Å²) in [5.74, 6) is -0.104. The number of para-hydroxylation sites is 1. The van der Waals surface area contributed by atoms with E-state index >= 15 is 0 Å². The van der Waals surface area contributed by atoms with Crippen LogP contribution in [-0.2, 0) is 11.3 Å². The van der Waals surface area contributed by atoms with Crippen LogP contribution in [-0.4, -0.2) is 57.6 Å². The minimum Gasteiger partial charge on any atom is -0.339 e. The van der Waals surface area contributed by atoms with Gasteiger partial charge < -0.3 is 9.80 Å². The number of rotatable bonds is 4. The number of piperazine rings is 1. The van der Waals surface area contributed by atoms with Gasteiger partial charge in [0.05, 0.1) is 16.6 Å². The molecule has 156 valence electrons. The molecule has 1 aromatic heterocycles. The standard InChI is InChI=1S/C23H26N4O3/c1-3-24-11-13-25(14-12-24)21(28)16-26-20-10-5-4-9-19(20)22(29)27(23(26)30)18-8-6-7-17(2)15-18/h4-10,15H,3,11-14,16H2,1-2H3. The Labute approximate surface area is 174 Å². The van der Waals surface area contributed by atoms with Gasteiger partial charge in [-0.05, 0) is 43.3 Å². The number of fused-ring (bicyclic) bond motifs is 1. The summed E-state index contributed by atoms with van der Waals surface area (Å²) in [6.07, 6.45) is 0. The lowest BCUT2D eigenvalue weighted by Crippen LogP contribution is -2.50. The lowest BCUT2D eigenvalue weighted by atomic mass is 10.2. The molecule has 1 amide bonds. The summed E-state index contributed by atoms with van der Waals surface area (Å²) in [6, 6.07) is 14.2. The Morgan fingerprint density at radius 2 is 1.70 bits per heavy atom. The van der Waals surface area contributed by atoms with Crippen LogP contribution in [0.15, 0.2) is 58.1 Å². The fraction of sp³-hybridized carbons (Fsp3) is 0.348. The normalized spacial score (nSPS) is 14.9. The van der Waals surface area contributed by atoms with Crippen molar-refractivity contribution in [2.45, 2.75) is 20.4 Å². The molecule has 3 aromatic rings. The van der Waals surface area contributed by atoms with E-state index < -0.39 is 5.69 Å². The lowest BCUT2D eigenvalue weighted by Gasteiger charge is -2.34. The number of hydrogen-bond acceptors (Lipinski definition) is 4. The maximum absolute atomic E-state index is 13.4. The van der Waals surface area contributed by atoms with Gasteiger partial charge in [0.2, 0.25) is 5.91 Å². The minimum absolute atomic E-state index is 0.0857. The third-order valence-electron chi connectivity index (χ3n) is 5.78. The molecule has 7 heteroatoms. The summed E-state index contributed by atoms with van der Waals surface area (Å²) in [4.78, 5) is 43.6. The molecule has 0 saturated carbocycles. The van der Waals surface area contributed by atoms with Gasteiger partial charge in [0.25, 0.3) is 5.56 Å². The van der Waals surface area contributed by atoms with E-state index in [0.717, 1.165) is 29.8 Å². The number of aromatic nitrogens is 2. The van der Waals surface area contributed by atoms with Gasteiger partial charge in [0.15, 0.2) is 0 Å². The molecule has 0 N–H and O–H groups in total. The molecule has 0 bridgehead atoms. The molecule has 2 aromatic carbocycles. The molecule has 0 radical (unpaired) electrons. The van der Waals surface area contributed by atoms with Crippen molar-refractivity contribution in [1.29, 1.82) is 0 Å². The molecule has 1 saturated heterocycles. The van der Waals surface area contributed by atoms with Crippen molar-refractivity contribution in [3.05, 3.63) is 74.9 Å². The summed E-state index contributed by atoms with van der Waals surface area (Å²) >= 11 is 0. The summed E-state index contributed by atoms with van der Waals surface area (Å²) in [6.45, 7) is 7.87. The fourth-order valence-corrected chi connectivity index (χ4v) is 4.02. The van der Waals surface area contributed by atoms with Crippen molar-refractivity contribution in [2.75, 3.05) is 32.7 Å². The topological polar surface area (TPSA) is 67.5 Å². The number of benzene rings is 2. The molecule has 0 spiro atoms. The Kier molecular flexibility index (Phi) is 5.55. The molecule has 0 unspecified atom stereocenters. The van der Waals surface area contributed by atoms with Crippen LogP contribution in [0, 0.1) is 6.92 Å². The molecular formula is C23H26N4O3. The third-order valence-corrected chi connectivity index (χ3v) is 5.78. The van der Waals surface area contributed by atoms with E-state index in [0.29, 0.717) is 29.7 Å². The Morgan fingerprint density at radius 3 is 2.40 bits per heavy atom. The SMILES string of the molecule is CCN1CCN(C(=O)Cn2c(=O)n(-c3cccc(C)c3)c(=O)c3ccccc32)CC1. The predicted octanol–water partition coefficient (Wildman–Crippen LogP) is 1.62. The van der Waals surface area contributed by atoms with Crippen LogP contribution in [0.25, 0.3) is 16.6 Å². The van der Waals surface area contributed by atoms with Crippen molar-refractivity contribution in [3.8, 4) is 5.69 Å². The van der Waals surface area contributed by atoms with Gasteiger partial charge in [0, 0.05) is 26.2 Å². The largest absolute Gasteiger partial charge is 0.339 e. The quantitative estimate of drug-likeness (QED) is 0.661. The van der Waals surface area contributed by atoms with Gasteiger partial charge in [-0.15, -0.1) is 0 Å². The second-order valence-electron chi connectivity index (χ2n) is 7.68. The summed E-state index contributed by atoms with van der Waals surface area (Å²) in [7, 11) is 0. The predicted molar refractivity (Wildman–Crippen MR) is 117 cm³/mol. The number of carbonyl (C=O) groups excluding carboxylic acids is 1. The van der Waals surface area contributed by atoms with Gasteiger partial charge in [-0.2, -0.15) is 0 Å². The van der Waals surface area contributed by atoms with Crippen LogP contribution in [0.5, 0.6) is 0 Å². The molecule has 1 fully saturated rings. The zero-order valence-electron chi connectivity index (χ0n) is 17.4. The van der Waals surface area contributed by atoms with E-state index in [1.807, 2.05) is 19.1 Å². The van der Waals surface area contributed by atoms with Gasteiger partial charge in [-0.3, -0.25) is 14.2 Å². The number of amides is 1. The highest BCUT2D eigenvalue weighted by Crippen LogP contribution is 2.12. The van der Waals surface area contributed by atoms with Crippen molar-refractivity contribution < 1.29 is 4.79 Å². The number of nitrogens with zero attached hydrogens (tertiary/aromatic N) is 4. The van der Waals surface area contributed by atoms with Gasteiger partial charge in [0.1, 0.15) is 6.54 Å². The maximum Gasteiger partial charge on any atom is 0.336 e. The average Bonchev–Trinajstić information content (AvgIpc) is 2.77. The van der Waals surface area contributed by atoms with E-state index in [-0.39, 0.29) is 18.0 Å². The monoisotopic (exact) mass is 406 g/mol. The van der Waals surface area contributed by atoms with Crippen LogP contribution >= 0.6 is 0 Å². The highest BCUT2D eigenvalue weighted by Gasteiger charge is 2.22. The minimum atomic E-state index is -0.496. The molecule has 1 aliphatic rings. The van der Waals surface area contributed by atoms with Crippen molar-refractivity contribution >= 4 is 16.8 Å². The highest BCUT2D eigenvalue weighted by molar-refractivity contribution is 5.82. The lowest BCUT2D eigenvalue weighted by molar-refractivity contribution is -0.133. The van der Waals surface area contributed by atoms with E-state index in [4.69, 9.17) is 0 Å². The fourth-order valence-electron chi connectivity index (χ4n) is 4.02. The Morgan fingerprint density at radius 1 is 0.967 bits per heavy atom. The molecule has 0 aliphatic carbocycles. The second kappa shape index (κ2) is 8.28.